The average molecular weight is 498 g/mol. The Kier molecular flexibility index (Phi) is 7.06. The zero-order valence-electron chi connectivity index (χ0n) is 19.4. The minimum atomic E-state index is -1.17. The number of ether oxygens (including phenoxy) is 1. The standard InChI is InChI=1S/C24H27N5O5S/c1-13-11-12-17(34-13)20(23(31)27-14-7-3-4-8-14)29(15-9-5-6-10-16(15)33-2)24(32)21-18(25)19(22(26)30)28-35-21/h5-6,9-12,14,20H,3-4,7-8,25H2,1-2H3,(H2,26,30)(H,27,31). The number of para-hydroxylation sites is 2. The first-order chi connectivity index (χ1) is 16.8. The van der Waals surface area contributed by atoms with Crippen molar-refractivity contribution in [2.24, 2.45) is 5.73 Å². The minimum absolute atomic E-state index is 0.00520. The third-order valence-corrected chi connectivity index (χ3v) is 6.81. The summed E-state index contributed by atoms with van der Waals surface area (Å²) >= 11 is 0.741. The number of primary amides is 1. The molecule has 3 aromatic rings. The lowest BCUT2D eigenvalue weighted by atomic mass is 10.1. The molecule has 0 radical (unpaired) electrons. The molecule has 0 saturated heterocycles. The number of hydrogen-bond donors (Lipinski definition) is 3. The van der Waals surface area contributed by atoms with E-state index in [4.69, 9.17) is 20.6 Å². The molecule has 0 spiro atoms. The lowest BCUT2D eigenvalue weighted by Gasteiger charge is -2.31. The molecule has 0 aliphatic heterocycles. The van der Waals surface area contributed by atoms with Crippen LogP contribution in [-0.2, 0) is 4.79 Å². The molecule has 1 unspecified atom stereocenters. The van der Waals surface area contributed by atoms with Crippen LogP contribution in [-0.4, -0.2) is 35.2 Å². The highest BCUT2D eigenvalue weighted by Crippen LogP contribution is 2.38. The van der Waals surface area contributed by atoms with E-state index < -0.39 is 23.8 Å². The third kappa shape index (κ3) is 4.85. The van der Waals surface area contributed by atoms with Crippen molar-refractivity contribution in [3.05, 3.63) is 58.5 Å². The quantitative estimate of drug-likeness (QED) is 0.432. The average Bonchev–Trinajstić information content (AvgIpc) is 3.58. The Bertz CT molecular complexity index is 1250. The van der Waals surface area contributed by atoms with Gasteiger partial charge in [0.15, 0.2) is 11.7 Å². The second kappa shape index (κ2) is 10.2. The van der Waals surface area contributed by atoms with Gasteiger partial charge in [-0.3, -0.25) is 19.3 Å². The molecule has 5 N–H and O–H groups in total. The Hall–Kier alpha value is -3.86. The van der Waals surface area contributed by atoms with Crippen LogP contribution in [0.3, 0.4) is 0 Å². The highest BCUT2D eigenvalue weighted by Gasteiger charge is 2.39. The summed E-state index contributed by atoms with van der Waals surface area (Å²) in [6, 6.07) is 9.03. The fourth-order valence-electron chi connectivity index (χ4n) is 4.26. The van der Waals surface area contributed by atoms with Gasteiger partial charge in [0.2, 0.25) is 0 Å². The number of nitrogens with one attached hydrogen (secondary N) is 1. The van der Waals surface area contributed by atoms with Gasteiger partial charge in [-0.05, 0) is 55.6 Å². The summed E-state index contributed by atoms with van der Waals surface area (Å²) in [5, 5.41) is 3.07. The maximum atomic E-state index is 14.0. The molecule has 0 bridgehead atoms. The van der Waals surface area contributed by atoms with Crippen LogP contribution in [0.4, 0.5) is 11.4 Å². The summed E-state index contributed by atoms with van der Waals surface area (Å²) in [5.74, 6) is -0.670. The molecule has 4 rings (SSSR count). The van der Waals surface area contributed by atoms with Gasteiger partial charge in [-0.15, -0.1) is 0 Å². The number of benzene rings is 1. The Morgan fingerprint density at radius 3 is 2.51 bits per heavy atom. The first-order valence-corrected chi connectivity index (χ1v) is 12.0. The Labute approximate surface area is 206 Å². The molecule has 1 fully saturated rings. The largest absolute Gasteiger partial charge is 0.495 e. The number of nitrogens with zero attached hydrogens (tertiary/aromatic N) is 2. The van der Waals surface area contributed by atoms with Crippen molar-refractivity contribution in [1.29, 1.82) is 0 Å². The molecule has 1 saturated carbocycles. The Morgan fingerprint density at radius 1 is 1.20 bits per heavy atom. The van der Waals surface area contributed by atoms with E-state index in [-0.39, 0.29) is 28.1 Å². The third-order valence-electron chi connectivity index (χ3n) is 5.96. The van der Waals surface area contributed by atoms with Gasteiger partial charge in [-0.1, -0.05) is 25.0 Å². The molecule has 11 heteroatoms. The second-order valence-electron chi connectivity index (χ2n) is 8.33. The molecule has 1 aliphatic carbocycles. The fourth-order valence-corrected chi connectivity index (χ4v) is 5.00. The predicted molar refractivity (Wildman–Crippen MR) is 131 cm³/mol. The molecular formula is C24H27N5O5S. The lowest BCUT2D eigenvalue weighted by molar-refractivity contribution is -0.123. The second-order valence-corrected chi connectivity index (χ2v) is 9.10. The lowest BCUT2D eigenvalue weighted by Crippen LogP contribution is -2.46. The number of nitrogen functional groups attached to an aromatic ring is 1. The van der Waals surface area contributed by atoms with E-state index in [2.05, 4.69) is 9.69 Å². The molecule has 1 atom stereocenters. The van der Waals surface area contributed by atoms with Crippen LogP contribution in [0.15, 0.2) is 40.8 Å². The van der Waals surface area contributed by atoms with E-state index in [0.29, 0.717) is 17.2 Å². The van der Waals surface area contributed by atoms with Gasteiger partial charge in [0.05, 0.1) is 18.5 Å². The fraction of sp³-hybridized carbons (Fsp3) is 0.333. The maximum absolute atomic E-state index is 14.0. The van der Waals surface area contributed by atoms with Crippen molar-refractivity contribution in [2.75, 3.05) is 17.7 Å². The molecule has 184 valence electrons. The molecule has 1 aliphatic rings. The van der Waals surface area contributed by atoms with Gasteiger partial charge in [-0.25, -0.2) is 0 Å². The van der Waals surface area contributed by atoms with Crippen molar-refractivity contribution in [3.8, 4) is 5.75 Å². The molecule has 2 heterocycles. The van der Waals surface area contributed by atoms with Crippen LogP contribution in [0.5, 0.6) is 5.75 Å². The number of nitrogens with two attached hydrogens (primary N) is 2. The highest BCUT2D eigenvalue weighted by molar-refractivity contribution is 7.09. The topological polar surface area (TPSA) is 154 Å². The number of rotatable bonds is 8. The summed E-state index contributed by atoms with van der Waals surface area (Å²) < 4.78 is 15.3. The summed E-state index contributed by atoms with van der Waals surface area (Å²) in [7, 11) is 1.47. The number of aryl methyl sites for hydroxylation is 1. The minimum Gasteiger partial charge on any atom is -0.495 e. The van der Waals surface area contributed by atoms with Gasteiger partial charge in [0.1, 0.15) is 22.1 Å². The first-order valence-electron chi connectivity index (χ1n) is 11.2. The van der Waals surface area contributed by atoms with Gasteiger partial charge in [-0.2, -0.15) is 4.37 Å². The van der Waals surface area contributed by atoms with Crippen molar-refractivity contribution in [3.63, 3.8) is 0 Å². The number of methoxy groups -OCH3 is 1. The monoisotopic (exact) mass is 497 g/mol. The molecule has 2 aromatic heterocycles. The van der Waals surface area contributed by atoms with Crippen LogP contribution >= 0.6 is 11.5 Å². The number of aromatic nitrogens is 1. The van der Waals surface area contributed by atoms with Crippen LogP contribution < -0.4 is 26.4 Å². The molecular weight excluding hydrogens is 470 g/mol. The molecule has 3 amide bonds. The van der Waals surface area contributed by atoms with E-state index >= 15 is 0 Å². The van der Waals surface area contributed by atoms with E-state index in [1.54, 1.807) is 43.3 Å². The summed E-state index contributed by atoms with van der Waals surface area (Å²) in [6.45, 7) is 1.75. The van der Waals surface area contributed by atoms with Crippen molar-refractivity contribution >= 4 is 40.6 Å². The number of amides is 3. The normalized spacial score (nSPS) is 14.5. The number of hydrogen-bond acceptors (Lipinski definition) is 8. The molecule has 10 nitrogen and oxygen atoms in total. The maximum Gasteiger partial charge on any atom is 0.273 e. The van der Waals surface area contributed by atoms with Crippen LogP contribution in [0, 0.1) is 6.92 Å². The highest BCUT2D eigenvalue weighted by atomic mass is 32.1. The predicted octanol–water partition coefficient (Wildman–Crippen LogP) is 3.18. The SMILES string of the molecule is COc1ccccc1N(C(=O)c1snc(C(N)=O)c1N)C(C(=O)NC1CCCC1)c1ccc(C)o1. The molecule has 35 heavy (non-hydrogen) atoms. The van der Waals surface area contributed by atoms with E-state index in [1.807, 2.05) is 0 Å². The van der Waals surface area contributed by atoms with E-state index in [0.717, 1.165) is 37.2 Å². The van der Waals surface area contributed by atoms with Crippen LogP contribution in [0.25, 0.3) is 0 Å². The number of anilines is 2. The van der Waals surface area contributed by atoms with Gasteiger partial charge >= 0.3 is 0 Å². The van der Waals surface area contributed by atoms with Crippen molar-refractivity contribution in [1.82, 2.24) is 9.69 Å². The van der Waals surface area contributed by atoms with Crippen molar-refractivity contribution < 1.29 is 23.5 Å². The first kappa shape index (κ1) is 24.3. The zero-order valence-corrected chi connectivity index (χ0v) is 20.3. The van der Waals surface area contributed by atoms with Gasteiger partial charge in [0, 0.05) is 6.04 Å². The van der Waals surface area contributed by atoms with E-state index in [9.17, 15) is 14.4 Å². The number of carbonyl (C=O) groups excluding carboxylic acids is 3. The van der Waals surface area contributed by atoms with Crippen molar-refractivity contribution in [2.45, 2.75) is 44.7 Å². The number of furan rings is 1. The van der Waals surface area contributed by atoms with Gasteiger partial charge in [0.25, 0.3) is 17.7 Å². The van der Waals surface area contributed by atoms with Crippen LogP contribution in [0.2, 0.25) is 0 Å². The smallest absolute Gasteiger partial charge is 0.273 e. The Balaban J connectivity index is 1.87. The summed E-state index contributed by atoms with van der Waals surface area (Å²) in [5.41, 5.74) is 11.4. The molecule has 1 aromatic carbocycles. The van der Waals surface area contributed by atoms with E-state index in [1.165, 1.54) is 12.0 Å². The Morgan fingerprint density at radius 2 is 1.91 bits per heavy atom. The zero-order chi connectivity index (χ0) is 25.1. The van der Waals surface area contributed by atoms with Crippen LogP contribution in [0.1, 0.15) is 63.4 Å². The van der Waals surface area contributed by atoms with Gasteiger partial charge < -0.3 is 25.9 Å². The number of carbonyl (C=O) groups is 3. The summed E-state index contributed by atoms with van der Waals surface area (Å²) in [4.78, 5) is 40.7. The summed E-state index contributed by atoms with van der Waals surface area (Å²) in [6.07, 6.45) is 3.78.